The minimum absolute atomic E-state index is 0.00266. The van der Waals surface area contributed by atoms with Gasteiger partial charge in [-0.15, -0.1) is 0 Å². The smallest absolute Gasteiger partial charge is 0.230 e. The van der Waals surface area contributed by atoms with E-state index in [-0.39, 0.29) is 11.9 Å². The van der Waals surface area contributed by atoms with Crippen LogP contribution in [0.15, 0.2) is 30.3 Å². The Morgan fingerprint density at radius 3 is 2.68 bits per heavy atom. The first kappa shape index (κ1) is 16.7. The van der Waals surface area contributed by atoms with Crippen LogP contribution in [-0.2, 0) is 21.1 Å². The summed E-state index contributed by atoms with van der Waals surface area (Å²) in [6.07, 6.45) is 0. The number of carbonyl (C=O) groups excluding carboxylic acids is 1. The molecule has 1 rings (SSSR count). The highest BCUT2D eigenvalue weighted by molar-refractivity contribution is 8.69. The quantitative estimate of drug-likeness (QED) is 0.780. The van der Waals surface area contributed by atoms with Crippen molar-refractivity contribution in [3.8, 4) is 0 Å². The Morgan fingerprint density at radius 1 is 1.47 bits per heavy atom. The van der Waals surface area contributed by atoms with E-state index < -0.39 is 5.47 Å². The monoisotopic (exact) mass is 317 g/mol. The van der Waals surface area contributed by atoms with Gasteiger partial charge < -0.3 is 9.84 Å². The van der Waals surface area contributed by atoms with E-state index in [1.165, 1.54) is 11.4 Å². The fourth-order valence-electron chi connectivity index (χ4n) is 1.56. The molecule has 6 heteroatoms. The lowest BCUT2D eigenvalue weighted by Crippen LogP contribution is -2.28. The van der Waals surface area contributed by atoms with Gasteiger partial charge in [-0.05, 0) is 26.1 Å². The molecule has 1 aromatic rings. The van der Waals surface area contributed by atoms with Crippen LogP contribution < -0.4 is 5.32 Å². The average Bonchev–Trinajstić information content (AvgIpc) is 2.37. The van der Waals surface area contributed by atoms with Gasteiger partial charge in [-0.25, -0.2) is 0 Å². The first-order valence-corrected chi connectivity index (χ1v) is 10.9. The highest BCUT2D eigenvalue weighted by Gasteiger charge is 2.15. The Morgan fingerprint density at radius 2 is 2.11 bits per heavy atom. The van der Waals surface area contributed by atoms with Gasteiger partial charge >= 0.3 is 0 Å². The van der Waals surface area contributed by atoms with E-state index in [9.17, 15) is 4.79 Å². The topological polar surface area (TPSA) is 38.3 Å². The maximum atomic E-state index is 11.9. The van der Waals surface area contributed by atoms with Crippen LogP contribution in [0.25, 0.3) is 0 Å². The molecule has 2 atom stereocenters. The van der Waals surface area contributed by atoms with E-state index in [2.05, 4.69) is 5.32 Å². The van der Waals surface area contributed by atoms with Crippen LogP contribution in [0, 0.1) is 0 Å². The molecule has 0 aliphatic heterocycles. The van der Waals surface area contributed by atoms with Crippen molar-refractivity contribution in [2.45, 2.75) is 19.9 Å². The molecule has 1 aromatic carbocycles. The molecule has 0 heterocycles. The molecule has 1 amide bonds. The summed E-state index contributed by atoms with van der Waals surface area (Å²) in [7, 11) is 0. The van der Waals surface area contributed by atoms with Crippen molar-refractivity contribution < 1.29 is 9.32 Å². The minimum Gasteiger partial charge on any atom is -0.349 e. The standard InChI is InChI=1S/C13H20NO2PS2/c1-4-16-17(3,18)19-10-13(15)14-11(2)12-8-6-5-7-9-12/h5-9,11H,4,10H2,1-3H3,(H,14,15). The third-order valence-electron chi connectivity index (χ3n) is 2.47. The van der Waals surface area contributed by atoms with Crippen molar-refractivity contribution in [1.82, 2.24) is 5.32 Å². The summed E-state index contributed by atoms with van der Waals surface area (Å²) in [5, 5.41) is 2.97. The maximum Gasteiger partial charge on any atom is 0.230 e. The van der Waals surface area contributed by atoms with Crippen LogP contribution in [0.5, 0.6) is 0 Å². The highest BCUT2D eigenvalue weighted by atomic mass is 32.9. The summed E-state index contributed by atoms with van der Waals surface area (Å²) in [5.74, 6) is 0.349. The number of amides is 1. The van der Waals surface area contributed by atoms with Gasteiger partial charge in [0.2, 0.25) is 5.91 Å². The van der Waals surface area contributed by atoms with Crippen LogP contribution in [-0.4, -0.2) is 24.9 Å². The van der Waals surface area contributed by atoms with Crippen molar-refractivity contribution in [2.24, 2.45) is 0 Å². The van der Waals surface area contributed by atoms with Crippen LogP contribution in [0.4, 0.5) is 0 Å². The molecule has 0 radical (unpaired) electrons. The molecule has 0 aromatic heterocycles. The summed E-state index contributed by atoms with van der Waals surface area (Å²) >= 11 is 6.78. The summed E-state index contributed by atoms with van der Waals surface area (Å²) in [5.41, 5.74) is -0.774. The summed E-state index contributed by atoms with van der Waals surface area (Å²) < 4.78 is 5.48. The number of carbonyl (C=O) groups is 1. The van der Waals surface area contributed by atoms with Gasteiger partial charge in [0.1, 0.15) is 5.47 Å². The normalized spacial score (nSPS) is 15.5. The molecule has 106 valence electrons. The number of hydrogen-bond donors (Lipinski definition) is 1. The van der Waals surface area contributed by atoms with Crippen LogP contribution in [0.1, 0.15) is 25.5 Å². The first-order valence-electron chi connectivity index (χ1n) is 6.15. The van der Waals surface area contributed by atoms with E-state index in [0.29, 0.717) is 12.4 Å². The molecular weight excluding hydrogens is 297 g/mol. The Hall–Kier alpha value is -0.350. The van der Waals surface area contributed by atoms with Gasteiger partial charge in [-0.1, -0.05) is 53.5 Å². The van der Waals surface area contributed by atoms with Crippen LogP contribution in [0.3, 0.4) is 0 Å². The molecule has 0 bridgehead atoms. The number of benzene rings is 1. The molecule has 0 aliphatic carbocycles. The lowest BCUT2D eigenvalue weighted by molar-refractivity contribution is -0.119. The van der Waals surface area contributed by atoms with Crippen LogP contribution in [0.2, 0.25) is 0 Å². The Balaban J connectivity index is 2.42. The van der Waals surface area contributed by atoms with Gasteiger partial charge in [0.15, 0.2) is 0 Å². The molecule has 19 heavy (non-hydrogen) atoms. The number of nitrogens with one attached hydrogen (secondary N) is 1. The molecule has 0 spiro atoms. The molecule has 0 fully saturated rings. The average molecular weight is 317 g/mol. The molecule has 0 aliphatic rings. The predicted octanol–water partition coefficient (Wildman–Crippen LogP) is 3.57. The third-order valence-corrected chi connectivity index (χ3v) is 7.43. The lowest BCUT2D eigenvalue weighted by atomic mass is 10.1. The highest BCUT2D eigenvalue weighted by Crippen LogP contribution is 2.56. The second-order valence-electron chi connectivity index (χ2n) is 4.16. The SMILES string of the molecule is CCOP(C)(=S)SCC(=O)NC(C)c1ccccc1. The molecule has 3 nitrogen and oxygen atoms in total. The second-order valence-corrected chi connectivity index (χ2v) is 12.2. The van der Waals surface area contributed by atoms with Gasteiger partial charge in [0.25, 0.3) is 0 Å². The predicted molar refractivity (Wildman–Crippen MR) is 87.3 cm³/mol. The Labute approximate surface area is 124 Å². The van der Waals surface area contributed by atoms with E-state index in [1.54, 1.807) is 0 Å². The third kappa shape index (κ3) is 6.57. The largest absolute Gasteiger partial charge is 0.349 e. The van der Waals surface area contributed by atoms with E-state index >= 15 is 0 Å². The zero-order valence-corrected chi connectivity index (χ0v) is 14.0. The zero-order chi connectivity index (χ0) is 14.3. The summed E-state index contributed by atoms with van der Waals surface area (Å²) in [4.78, 5) is 11.9. The number of hydrogen-bond acceptors (Lipinski definition) is 4. The van der Waals surface area contributed by atoms with E-state index in [1.807, 2.05) is 50.8 Å². The first-order chi connectivity index (χ1) is 8.94. The van der Waals surface area contributed by atoms with E-state index in [0.717, 1.165) is 5.56 Å². The Kier molecular flexibility index (Phi) is 7.08. The molecule has 2 unspecified atom stereocenters. The minimum atomic E-state index is -1.87. The maximum absolute atomic E-state index is 11.9. The lowest BCUT2D eigenvalue weighted by Gasteiger charge is -2.17. The van der Waals surface area contributed by atoms with Gasteiger partial charge in [0, 0.05) is 6.61 Å². The fourth-order valence-corrected chi connectivity index (χ4v) is 4.92. The fraction of sp³-hybridized carbons (Fsp3) is 0.462. The van der Waals surface area contributed by atoms with Gasteiger partial charge in [-0.3, -0.25) is 4.79 Å². The van der Waals surface area contributed by atoms with Gasteiger partial charge in [0.05, 0.1) is 11.8 Å². The zero-order valence-electron chi connectivity index (χ0n) is 11.5. The summed E-state index contributed by atoms with van der Waals surface area (Å²) in [6.45, 7) is 6.40. The molecule has 1 N–H and O–H groups in total. The Bertz CT molecular complexity index is 453. The van der Waals surface area contributed by atoms with Crippen molar-refractivity contribution in [3.05, 3.63) is 35.9 Å². The molecule has 0 saturated carbocycles. The molecular formula is C13H20NO2PS2. The van der Waals surface area contributed by atoms with Crippen LogP contribution >= 0.6 is 16.8 Å². The molecule has 0 saturated heterocycles. The van der Waals surface area contributed by atoms with Crippen molar-refractivity contribution >= 4 is 34.6 Å². The number of rotatable bonds is 7. The van der Waals surface area contributed by atoms with Crippen molar-refractivity contribution in [1.29, 1.82) is 0 Å². The van der Waals surface area contributed by atoms with Crippen molar-refractivity contribution in [3.63, 3.8) is 0 Å². The van der Waals surface area contributed by atoms with Crippen molar-refractivity contribution in [2.75, 3.05) is 19.0 Å². The second kappa shape index (κ2) is 8.05. The summed E-state index contributed by atoms with van der Waals surface area (Å²) in [6, 6.07) is 9.91. The van der Waals surface area contributed by atoms with Gasteiger partial charge in [-0.2, -0.15) is 0 Å². The van der Waals surface area contributed by atoms with E-state index in [4.69, 9.17) is 16.3 Å².